The molecule has 14 heavy (non-hydrogen) atoms. The molecule has 4 heteroatoms. The van der Waals surface area contributed by atoms with E-state index in [1.54, 1.807) is 0 Å². The topological polar surface area (TPSA) is 49.8 Å². The Hall–Kier alpha value is -1.03. The Morgan fingerprint density at radius 1 is 1.57 bits per heavy atom. The third-order valence-electron chi connectivity index (χ3n) is 2.98. The number of hydrogen-bond donors (Lipinski definition) is 1. The quantitative estimate of drug-likeness (QED) is 0.653. The molecule has 0 amide bonds. The van der Waals surface area contributed by atoms with Crippen molar-refractivity contribution < 1.29 is 14.7 Å². The van der Waals surface area contributed by atoms with Crippen molar-refractivity contribution in [2.45, 2.75) is 25.7 Å². The maximum atomic E-state index is 10.3. The average Bonchev–Trinajstić information content (AvgIpc) is 2.17. The van der Waals surface area contributed by atoms with E-state index in [4.69, 9.17) is 5.11 Å². The van der Waals surface area contributed by atoms with Gasteiger partial charge in [-0.05, 0) is 31.6 Å². The first-order chi connectivity index (χ1) is 6.75. The van der Waals surface area contributed by atoms with E-state index in [9.17, 15) is 4.79 Å². The van der Waals surface area contributed by atoms with E-state index in [2.05, 4.69) is 10.9 Å². The molecule has 1 aliphatic heterocycles. The summed E-state index contributed by atoms with van der Waals surface area (Å²) in [4.78, 5) is 15.0. The van der Waals surface area contributed by atoms with Crippen LogP contribution in [0.5, 0.6) is 0 Å². The minimum absolute atomic E-state index is 0.664. The van der Waals surface area contributed by atoms with E-state index in [1.807, 2.05) is 0 Å². The van der Waals surface area contributed by atoms with E-state index in [-0.39, 0.29) is 0 Å². The molecule has 0 saturated carbocycles. The summed E-state index contributed by atoms with van der Waals surface area (Å²) in [5.74, 6) is 0.678. The third kappa shape index (κ3) is 2.07. The fraction of sp³-hybridized carbons (Fsp3) is 0.700. The van der Waals surface area contributed by atoms with Crippen molar-refractivity contribution in [2.75, 3.05) is 13.1 Å². The van der Waals surface area contributed by atoms with Crippen molar-refractivity contribution >= 4 is 6.16 Å². The zero-order chi connectivity index (χ0) is 9.97. The summed E-state index contributed by atoms with van der Waals surface area (Å²) in [5.41, 5.74) is 1.36. The van der Waals surface area contributed by atoms with Gasteiger partial charge in [-0.25, -0.2) is 4.79 Å². The smallest absolute Gasteiger partial charge is 0.448 e. The summed E-state index contributed by atoms with van der Waals surface area (Å²) in [6, 6.07) is 0. The molecule has 1 fully saturated rings. The highest BCUT2D eigenvalue weighted by Gasteiger charge is 2.27. The summed E-state index contributed by atoms with van der Waals surface area (Å²) in [6.45, 7) is 1.39. The van der Waals surface area contributed by atoms with E-state index in [0.717, 1.165) is 19.4 Å². The van der Waals surface area contributed by atoms with Crippen LogP contribution in [0, 0.1) is 5.92 Å². The van der Waals surface area contributed by atoms with Crippen LogP contribution in [0.15, 0.2) is 11.6 Å². The van der Waals surface area contributed by atoms with Gasteiger partial charge in [-0.1, -0.05) is 11.6 Å². The second-order valence-electron chi connectivity index (χ2n) is 3.92. The summed E-state index contributed by atoms with van der Waals surface area (Å²) < 4.78 is 0. The molecule has 0 aromatic carbocycles. The maximum absolute atomic E-state index is 10.3. The number of nitrogens with zero attached hydrogens (tertiary/aromatic N) is 1. The molecule has 1 atom stereocenters. The maximum Gasteiger partial charge on any atom is 0.525 e. The fourth-order valence-electron chi connectivity index (χ4n) is 2.30. The van der Waals surface area contributed by atoms with Crippen LogP contribution in [0.4, 0.5) is 4.79 Å². The lowest BCUT2D eigenvalue weighted by atomic mass is 9.83. The Kier molecular flexibility index (Phi) is 2.72. The summed E-state index contributed by atoms with van der Waals surface area (Å²) in [5, 5.41) is 10.0. The predicted octanol–water partition coefficient (Wildman–Crippen LogP) is 2.03. The molecule has 1 heterocycles. The number of allylic oxidation sites excluding steroid dienone is 1. The number of piperidine rings is 1. The highest BCUT2D eigenvalue weighted by atomic mass is 16.8. The van der Waals surface area contributed by atoms with Gasteiger partial charge < -0.3 is 9.94 Å². The minimum Gasteiger partial charge on any atom is -0.448 e. The average molecular weight is 197 g/mol. The van der Waals surface area contributed by atoms with Crippen molar-refractivity contribution in [1.82, 2.24) is 5.06 Å². The largest absolute Gasteiger partial charge is 0.525 e. The van der Waals surface area contributed by atoms with Gasteiger partial charge in [0.05, 0.1) is 6.54 Å². The van der Waals surface area contributed by atoms with E-state index >= 15 is 0 Å². The number of carbonyl (C=O) groups is 1. The van der Waals surface area contributed by atoms with Crippen molar-refractivity contribution in [2.24, 2.45) is 5.92 Å². The van der Waals surface area contributed by atoms with Crippen LogP contribution in [0.25, 0.3) is 0 Å². The zero-order valence-electron chi connectivity index (χ0n) is 8.11. The van der Waals surface area contributed by atoms with Crippen LogP contribution >= 0.6 is 0 Å². The Balaban J connectivity index is 1.95. The van der Waals surface area contributed by atoms with Crippen LogP contribution in [0.2, 0.25) is 0 Å². The first kappa shape index (κ1) is 9.52. The van der Waals surface area contributed by atoms with Crippen LogP contribution in [-0.2, 0) is 4.84 Å². The molecule has 2 rings (SSSR count). The molecular formula is C10H15NO3. The van der Waals surface area contributed by atoms with Crippen molar-refractivity contribution in [3.63, 3.8) is 0 Å². The van der Waals surface area contributed by atoms with Gasteiger partial charge in [-0.2, -0.15) is 0 Å². The number of rotatable bonds is 1. The SMILES string of the molecule is O=C(O)ON1CCC2CCCC=C2C1. The van der Waals surface area contributed by atoms with Gasteiger partial charge >= 0.3 is 6.16 Å². The second kappa shape index (κ2) is 4.00. The van der Waals surface area contributed by atoms with Crippen LogP contribution < -0.4 is 0 Å². The number of carboxylic acid groups (broad SMARTS) is 1. The van der Waals surface area contributed by atoms with Crippen molar-refractivity contribution in [1.29, 1.82) is 0 Å². The highest BCUT2D eigenvalue weighted by molar-refractivity contribution is 5.56. The van der Waals surface area contributed by atoms with Crippen LogP contribution in [-0.4, -0.2) is 29.4 Å². The summed E-state index contributed by atoms with van der Waals surface area (Å²) in [6.07, 6.45) is 5.72. The van der Waals surface area contributed by atoms with Gasteiger partial charge in [0, 0.05) is 6.54 Å². The molecule has 1 unspecified atom stereocenters. The molecule has 1 aliphatic carbocycles. The Labute approximate surface area is 83.1 Å². The van der Waals surface area contributed by atoms with Crippen LogP contribution in [0.1, 0.15) is 25.7 Å². The normalized spacial score (nSPS) is 27.7. The van der Waals surface area contributed by atoms with Crippen molar-refractivity contribution in [3.05, 3.63) is 11.6 Å². The molecule has 0 radical (unpaired) electrons. The lowest BCUT2D eigenvalue weighted by Crippen LogP contribution is -2.37. The standard InChI is InChI=1S/C10H15NO3/c12-10(13)14-11-6-5-8-3-1-2-4-9(8)7-11/h4,8H,1-3,5-7H2,(H,12,13). The second-order valence-corrected chi connectivity index (χ2v) is 3.92. The van der Waals surface area contributed by atoms with Crippen molar-refractivity contribution in [3.8, 4) is 0 Å². The van der Waals surface area contributed by atoms with E-state index in [1.165, 1.54) is 23.5 Å². The first-order valence-electron chi connectivity index (χ1n) is 5.10. The van der Waals surface area contributed by atoms with Gasteiger partial charge in [-0.3, -0.25) is 0 Å². The number of fused-ring (bicyclic) bond motifs is 1. The molecule has 1 N–H and O–H groups in total. The Bertz CT molecular complexity index is 262. The molecule has 78 valence electrons. The fourth-order valence-corrected chi connectivity index (χ4v) is 2.30. The number of hydroxylamine groups is 2. The Morgan fingerprint density at radius 3 is 3.21 bits per heavy atom. The van der Waals surface area contributed by atoms with E-state index < -0.39 is 6.16 Å². The minimum atomic E-state index is -1.21. The third-order valence-corrected chi connectivity index (χ3v) is 2.98. The predicted molar refractivity (Wildman–Crippen MR) is 50.7 cm³/mol. The van der Waals surface area contributed by atoms with Gasteiger partial charge in [0.2, 0.25) is 0 Å². The molecule has 4 nitrogen and oxygen atoms in total. The number of hydrogen-bond acceptors (Lipinski definition) is 3. The highest BCUT2D eigenvalue weighted by Crippen LogP contribution is 2.31. The zero-order valence-corrected chi connectivity index (χ0v) is 8.11. The molecule has 2 aliphatic rings. The van der Waals surface area contributed by atoms with Gasteiger partial charge in [0.15, 0.2) is 0 Å². The Morgan fingerprint density at radius 2 is 2.43 bits per heavy atom. The van der Waals surface area contributed by atoms with E-state index in [0.29, 0.717) is 12.5 Å². The molecule has 0 spiro atoms. The molecule has 1 saturated heterocycles. The van der Waals surface area contributed by atoms with Gasteiger partial charge in [-0.15, -0.1) is 5.06 Å². The lowest BCUT2D eigenvalue weighted by molar-refractivity contribution is -0.124. The van der Waals surface area contributed by atoms with Crippen LogP contribution in [0.3, 0.4) is 0 Å². The molecule has 0 aromatic heterocycles. The van der Waals surface area contributed by atoms with Gasteiger partial charge in [0.25, 0.3) is 0 Å². The lowest BCUT2D eigenvalue weighted by Gasteiger charge is -2.34. The first-order valence-corrected chi connectivity index (χ1v) is 5.10. The van der Waals surface area contributed by atoms with Gasteiger partial charge in [0.1, 0.15) is 0 Å². The molecular weight excluding hydrogens is 182 g/mol. The monoisotopic (exact) mass is 197 g/mol. The summed E-state index contributed by atoms with van der Waals surface area (Å²) >= 11 is 0. The molecule has 0 bridgehead atoms. The molecule has 0 aromatic rings. The summed E-state index contributed by atoms with van der Waals surface area (Å²) in [7, 11) is 0.